The number of benzene rings is 2. The van der Waals surface area contributed by atoms with Crippen molar-refractivity contribution < 1.29 is 9.18 Å². The number of para-hydroxylation sites is 1. The molecule has 2 aromatic carbocycles. The smallest absolute Gasteiger partial charge is 0.258 e. The number of carbonyl (C=O) groups excluding carboxylic acids is 1. The third-order valence-electron chi connectivity index (χ3n) is 3.37. The zero-order valence-corrected chi connectivity index (χ0v) is 12.0. The largest absolute Gasteiger partial charge is 0.308 e. The first-order valence-electron chi connectivity index (χ1n) is 6.68. The van der Waals surface area contributed by atoms with Crippen LogP contribution in [0.2, 0.25) is 0 Å². The molecule has 0 bridgehead atoms. The minimum absolute atomic E-state index is 0.107. The van der Waals surface area contributed by atoms with Crippen molar-refractivity contribution in [3.8, 4) is 0 Å². The van der Waals surface area contributed by atoms with Crippen LogP contribution in [-0.4, -0.2) is 12.5 Å². The highest BCUT2D eigenvalue weighted by molar-refractivity contribution is 6.06. The average Bonchev–Trinajstić information content (AvgIpc) is 2.44. The minimum atomic E-state index is -0.291. The molecule has 3 heteroatoms. The van der Waals surface area contributed by atoms with Crippen molar-refractivity contribution >= 4 is 11.6 Å². The van der Waals surface area contributed by atoms with Crippen molar-refractivity contribution in [1.82, 2.24) is 0 Å². The molecule has 0 saturated carbocycles. The van der Waals surface area contributed by atoms with Crippen LogP contribution in [0.25, 0.3) is 0 Å². The Morgan fingerprint density at radius 3 is 2.40 bits per heavy atom. The highest BCUT2D eigenvalue weighted by Gasteiger charge is 2.18. The van der Waals surface area contributed by atoms with E-state index in [0.29, 0.717) is 17.7 Å². The molecule has 0 fully saturated rings. The van der Waals surface area contributed by atoms with Gasteiger partial charge in [0, 0.05) is 17.8 Å². The van der Waals surface area contributed by atoms with Gasteiger partial charge < -0.3 is 4.90 Å². The zero-order chi connectivity index (χ0) is 14.7. The van der Waals surface area contributed by atoms with Crippen molar-refractivity contribution in [1.29, 1.82) is 0 Å². The topological polar surface area (TPSA) is 20.3 Å². The van der Waals surface area contributed by atoms with E-state index in [-0.39, 0.29) is 11.7 Å². The van der Waals surface area contributed by atoms with Crippen molar-refractivity contribution in [3.05, 3.63) is 65.0 Å². The lowest BCUT2D eigenvalue weighted by atomic mass is 10.1. The lowest BCUT2D eigenvalue weighted by Gasteiger charge is -2.23. The monoisotopic (exact) mass is 271 g/mol. The minimum Gasteiger partial charge on any atom is -0.308 e. The van der Waals surface area contributed by atoms with Gasteiger partial charge >= 0.3 is 0 Å². The first-order valence-corrected chi connectivity index (χ1v) is 6.68. The predicted octanol–water partition coefficient (Wildman–Crippen LogP) is 4.11. The predicted molar refractivity (Wildman–Crippen MR) is 79.7 cm³/mol. The Labute approximate surface area is 118 Å². The van der Waals surface area contributed by atoms with Crippen molar-refractivity contribution in [2.45, 2.75) is 20.8 Å². The average molecular weight is 271 g/mol. The molecule has 0 N–H and O–H groups in total. The van der Waals surface area contributed by atoms with Crippen LogP contribution in [-0.2, 0) is 0 Å². The van der Waals surface area contributed by atoms with Gasteiger partial charge in [0.2, 0.25) is 0 Å². The van der Waals surface area contributed by atoms with Crippen LogP contribution in [0.15, 0.2) is 42.5 Å². The second-order valence-corrected chi connectivity index (χ2v) is 4.80. The fourth-order valence-corrected chi connectivity index (χ4v) is 2.22. The third kappa shape index (κ3) is 2.72. The van der Waals surface area contributed by atoms with E-state index in [0.717, 1.165) is 11.3 Å². The number of carbonyl (C=O) groups is 1. The quantitative estimate of drug-likeness (QED) is 0.822. The molecule has 0 unspecified atom stereocenters. The maximum Gasteiger partial charge on any atom is 0.258 e. The molecule has 0 spiro atoms. The highest BCUT2D eigenvalue weighted by atomic mass is 19.1. The normalized spacial score (nSPS) is 10.4. The molecule has 0 saturated heterocycles. The van der Waals surface area contributed by atoms with Crippen molar-refractivity contribution in [2.75, 3.05) is 11.4 Å². The Kier molecular flexibility index (Phi) is 4.18. The second-order valence-electron chi connectivity index (χ2n) is 4.80. The van der Waals surface area contributed by atoms with Gasteiger partial charge in [0.15, 0.2) is 0 Å². The number of amides is 1. The molecular weight excluding hydrogens is 253 g/mol. The molecule has 2 rings (SSSR count). The van der Waals surface area contributed by atoms with Crippen LogP contribution in [0.3, 0.4) is 0 Å². The molecule has 0 aliphatic rings. The van der Waals surface area contributed by atoms with E-state index in [9.17, 15) is 9.18 Å². The molecule has 0 aromatic heterocycles. The summed E-state index contributed by atoms with van der Waals surface area (Å²) in [5.74, 6) is -0.398. The Morgan fingerprint density at radius 1 is 1.10 bits per heavy atom. The molecule has 0 aliphatic carbocycles. The number of aryl methyl sites for hydroxylation is 2. The van der Waals surface area contributed by atoms with Gasteiger partial charge in [-0.2, -0.15) is 0 Å². The first-order chi connectivity index (χ1) is 9.54. The fraction of sp³-hybridized carbons (Fsp3) is 0.235. The molecule has 0 radical (unpaired) electrons. The van der Waals surface area contributed by atoms with Gasteiger partial charge in [-0.3, -0.25) is 4.79 Å². The number of hydrogen-bond donors (Lipinski definition) is 0. The van der Waals surface area contributed by atoms with Gasteiger partial charge in [-0.1, -0.05) is 18.2 Å². The molecule has 0 aliphatic heterocycles. The summed E-state index contributed by atoms with van der Waals surface area (Å²) >= 11 is 0. The Hall–Kier alpha value is -2.16. The van der Waals surface area contributed by atoms with E-state index in [2.05, 4.69) is 0 Å². The Balaban J connectivity index is 2.39. The molecule has 0 heterocycles. The maximum atomic E-state index is 13.3. The number of rotatable bonds is 3. The van der Waals surface area contributed by atoms with Gasteiger partial charge in [-0.15, -0.1) is 0 Å². The van der Waals surface area contributed by atoms with Crippen LogP contribution in [0.1, 0.15) is 28.4 Å². The standard InChI is InChI=1S/C17H18FNO/c1-4-19(16-8-6-5-7-12(16)2)17(20)14-9-10-15(18)13(3)11-14/h5-11H,4H2,1-3H3. The highest BCUT2D eigenvalue weighted by Crippen LogP contribution is 2.22. The van der Waals surface area contributed by atoms with Gasteiger partial charge in [0.1, 0.15) is 5.82 Å². The van der Waals surface area contributed by atoms with Gasteiger partial charge in [-0.25, -0.2) is 4.39 Å². The van der Waals surface area contributed by atoms with E-state index in [1.165, 1.54) is 12.1 Å². The van der Waals surface area contributed by atoms with Crippen molar-refractivity contribution in [3.63, 3.8) is 0 Å². The molecule has 2 aromatic rings. The number of anilines is 1. The van der Waals surface area contributed by atoms with E-state index in [4.69, 9.17) is 0 Å². The van der Waals surface area contributed by atoms with Gasteiger partial charge in [0.25, 0.3) is 5.91 Å². The van der Waals surface area contributed by atoms with Gasteiger partial charge in [0.05, 0.1) is 0 Å². The SMILES string of the molecule is CCN(C(=O)c1ccc(F)c(C)c1)c1ccccc1C. The summed E-state index contributed by atoms with van der Waals surface area (Å²) in [6, 6.07) is 12.2. The summed E-state index contributed by atoms with van der Waals surface area (Å²) < 4.78 is 13.3. The van der Waals surface area contributed by atoms with Crippen LogP contribution in [0, 0.1) is 19.7 Å². The van der Waals surface area contributed by atoms with Crippen LogP contribution in [0.5, 0.6) is 0 Å². The van der Waals surface area contributed by atoms with E-state index >= 15 is 0 Å². The molecule has 2 nitrogen and oxygen atoms in total. The van der Waals surface area contributed by atoms with E-state index in [1.807, 2.05) is 38.1 Å². The summed E-state index contributed by atoms with van der Waals surface area (Å²) in [6.45, 7) is 6.14. The van der Waals surface area contributed by atoms with Crippen LogP contribution < -0.4 is 4.90 Å². The zero-order valence-electron chi connectivity index (χ0n) is 12.0. The first kappa shape index (κ1) is 14.3. The second kappa shape index (κ2) is 5.87. The van der Waals surface area contributed by atoms with Crippen molar-refractivity contribution in [2.24, 2.45) is 0 Å². The lowest BCUT2D eigenvalue weighted by Crippen LogP contribution is -2.31. The van der Waals surface area contributed by atoms with Crippen LogP contribution >= 0.6 is 0 Å². The Morgan fingerprint density at radius 2 is 1.80 bits per heavy atom. The summed E-state index contributed by atoms with van der Waals surface area (Å²) in [7, 11) is 0. The number of nitrogens with zero attached hydrogens (tertiary/aromatic N) is 1. The summed E-state index contributed by atoms with van der Waals surface area (Å²) in [5, 5.41) is 0. The molecule has 104 valence electrons. The van der Waals surface area contributed by atoms with Crippen LogP contribution in [0.4, 0.5) is 10.1 Å². The fourth-order valence-electron chi connectivity index (χ4n) is 2.22. The maximum absolute atomic E-state index is 13.3. The molecule has 0 atom stereocenters. The third-order valence-corrected chi connectivity index (χ3v) is 3.37. The Bertz CT molecular complexity index is 637. The summed E-state index contributed by atoms with van der Waals surface area (Å²) in [4.78, 5) is 14.3. The lowest BCUT2D eigenvalue weighted by molar-refractivity contribution is 0.0988. The summed E-state index contributed by atoms with van der Waals surface area (Å²) in [5.41, 5.74) is 2.93. The van der Waals surface area contributed by atoms with Gasteiger partial charge in [-0.05, 0) is 56.2 Å². The molecule has 20 heavy (non-hydrogen) atoms. The van der Waals surface area contributed by atoms with E-state index in [1.54, 1.807) is 17.9 Å². The summed E-state index contributed by atoms with van der Waals surface area (Å²) in [6.07, 6.45) is 0. The number of hydrogen-bond acceptors (Lipinski definition) is 1. The number of halogens is 1. The molecular formula is C17H18FNO. The molecule has 1 amide bonds. The van der Waals surface area contributed by atoms with E-state index < -0.39 is 0 Å².